The van der Waals surface area contributed by atoms with Crippen molar-refractivity contribution in [3.05, 3.63) is 59.0 Å². The van der Waals surface area contributed by atoms with E-state index in [1.54, 1.807) is 19.3 Å². The SMILES string of the molecule is COc1ccc2c(c1)c(C=C1Oc3c(ccc([O-])c3C[NH+]3CCC(C)CC3)C1=O)cn2C. The standard InChI is InChI=1S/C26H28N2O4/c1-16-8-10-28(11-9-16)15-21-23(29)7-5-19-25(30)24(32-26(19)21)12-17-14-27(2)22-6-4-18(31-3)13-20(17)22/h4-7,12-14,16,29H,8-11,15H2,1-3H3. The lowest BCUT2D eigenvalue weighted by Gasteiger charge is -2.29. The highest BCUT2D eigenvalue weighted by atomic mass is 16.5. The molecule has 1 N–H and O–H groups in total. The molecule has 0 aliphatic carbocycles. The Labute approximate surface area is 187 Å². The molecule has 2 aromatic carbocycles. The number of nitrogens with zero attached hydrogens (tertiary/aromatic N) is 1. The summed E-state index contributed by atoms with van der Waals surface area (Å²) < 4.78 is 13.5. The van der Waals surface area contributed by atoms with E-state index in [1.165, 1.54) is 11.0 Å². The fourth-order valence-corrected chi connectivity index (χ4v) is 4.84. The number of likely N-dealkylation sites (tertiary alicyclic amines) is 1. The number of aryl methyl sites for hydroxylation is 1. The third-order valence-corrected chi connectivity index (χ3v) is 6.82. The van der Waals surface area contributed by atoms with Gasteiger partial charge in [0.05, 0.1) is 25.8 Å². The van der Waals surface area contributed by atoms with Crippen molar-refractivity contribution < 1.29 is 24.3 Å². The summed E-state index contributed by atoms with van der Waals surface area (Å²) in [7, 11) is 3.60. The Kier molecular flexibility index (Phi) is 5.18. The maximum absolute atomic E-state index is 13.1. The minimum absolute atomic E-state index is 0.0566. The molecule has 0 saturated carbocycles. The minimum Gasteiger partial charge on any atom is -0.872 e. The van der Waals surface area contributed by atoms with Crippen molar-refractivity contribution >= 4 is 22.8 Å². The highest BCUT2D eigenvalue weighted by molar-refractivity contribution is 6.15. The normalized spacial score (nSPS) is 21.7. The number of nitrogens with one attached hydrogen (secondary N) is 1. The number of allylic oxidation sites excluding steroid dienone is 1. The molecule has 6 heteroatoms. The molecule has 3 aromatic rings. The van der Waals surface area contributed by atoms with E-state index in [2.05, 4.69) is 6.92 Å². The molecule has 2 aliphatic heterocycles. The quantitative estimate of drug-likeness (QED) is 0.644. The van der Waals surface area contributed by atoms with Gasteiger partial charge in [-0.05, 0) is 49.1 Å². The summed E-state index contributed by atoms with van der Waals surface area (Å²) >= 11 is 0. The summed E-state index contributed by atoms with van der Waals surface area (Å²) in [6.07, 6.45) is 6.06. The van der Waals surface area contributed by atoms with Crippen LogP contribution >= 0.6 is 0 Å². The number of methoxy groups -OCH3 is 1. The molecule has 32 heavy (non-hydrogen) atoms. The van der Waals surface area contributed by atoms with Crippen LogP contribution in [0.4, 0.5) is 0 Å². The first-order valence-corrected chi connectivity index (χ1v) is 11.2. The van der Waals surface area contributed by atoms with E-state index >= 15 is 0 Å². The van der Waals surface area contributed by atoms with Crippen molar-refractivity contribution in [1.82, 2.24) is 4.57 Å². The maximum Gasteiger partial charge on any atom is 0.231 e. The summed E-state index contributed by atoms with van der Waals surface area (Å²) in [6, 6.07) is 8.97. The third kappa shape index (κ3) is 3.54. The van der Waals surface area contributed by atoms with Crippen molar-refractivity contribution in [3.63, 3.8) is 0 Å². The summed E-state index contributed by atoms with van der Waals surface area (Å²) in [6.45, 7) is 4.95. The zero-order chi connectivity index (χ0) is 22.4. The van der Waals surface area contributed by atoms with Gasteiger partial charge in [0.25, 0.3) is 0 Å². The number of carbonyl (C=O) groups is 1. The monoisotopic (exact) mass is 432 g/mol. The molecule has 0 radical (unpaired) electrons. The molecular formula is C26H28N2O4. The van der Waals surface area contributed by atoms with Gasteiger partial charge in [0.15, 0.2) is 5.76 Å². The number of hydrogen-bond donors (Lipinski definition) is 1. The highest BCUT2D eigenvalue weighted by Crippen LogP contribution is 2.39. The molecule has 0 amide bonds. The maximum atomic E-state index is 13.1. The number of carbonyl (C=O) groups excluding carboxylic acids is 1. The number of piperidine rings is 1. The largest absolute Gasteiger partial charge is 0.872 e. The first-order chi connectivity index (χ1) is 15.4. The average Bonchev–Trinajstić information content (AvgIpc) is 3.28. The number of hydrogen-bond acceptors (Lipinski definition) is 4. The van der Waals surface area contributed by atoms with Crippen LogP contribution in [0.25, 0.3) is 17.0 Å². The molecule has 3 heterocycles. The first-order valence-electron chi connectivity index (χ1n) is 11.2. The number of benzene rings is 2. The average molecular weight is 433 g/mol. The van der Waals surface area contributed by atoms with E-state index in [0.717, 1.165) is 54.1 Å². The van der Waals surface area contributed by atoms with E-state index in [-0.39, 0.29) is 17.3 Å². The van der Waals surface area contributed by atoms with Gasteiger partial charge in [0, 0.05) is 35.3 Å². The van der Waals surface area contributed by atoms with Crippen molar-refractivity contribution in [2.24, 2.45) is 13.0 Å². The lowest BCUT2D eigenvalue weighted by molar-refractivity contribution is -0.919. The molecule has 0 spiro atoms. The van der Waals surface area contributed by atoms with Gasteiger partial charge in [-0.1, -0.05) is 18.7 Å². The number of quaternary nitrogens is 1. The minimum atomic E-state index is -0.177. The molecule has 0 atom stereocenters. The van der Waals surface area contributed by atoms with E-state index in [1.807, 2.05) is 36.0 Å². The number of aromatic nitrogens is 1. The smallest absolute Gasteiger partial charge is 0.231 e. The van der Waals surface area contributed by atoms with Gasteiger partial charge >= 0.3 is 0 Å². The second kappa shape index (κ2) is 8.02. The van der Waals surface area contributed by atoms with Gasteiger partial charge in [-0.15, -0.1) is 0 Å². The summed E-state index contributed by atoms with van der Waals surface area (Å²) in [5, 5.41) is 13.7. The van der Waals surface area contributed by atoms with E-state index in [0.29, 0.717) is 23.4 Å². The van der Waals surface area contributed by atoms with Gasteiger partial charge in [-0.3, -0.25) is 4.79 Å². The van der Waals surface area contributed by atoms with Crippen LogP contribution in [0.2, 0.25) is 0 Å². The number of rotatable bonds is 4. The zero-order valence-corrected chi connectivity index (χ0v) is 18.7. The highest BCUT2D eigenvalue weighted by Gasteiger charge is 2.32. The summed E-state index contributed by atoms with van der Waals surface area (Å²) in [5.74, 6) is 1.95. The molecule has 2 aliphatic rings. The van der Waals surface area contributed by atoms with Gasteiger partial charge < -0.3 is 24.0 Å². The van der Waals surface area contributed by atoms with E-state index in [9.17, 15) is 9.90 Å². The second-order valence-electron chi connectivity index (χ2n) is 9.05. The Morgan fingerprint density at radius 2 is 2.03 bits per heavy atom. The summed E-state index contributed by atoms with van der Waals surface area (Å²) in [5.41, 5.74) is 3.00. The van der Waals surface area contributed by atoms with Gasteiger partial charge in [-0.25, -0.2) is 0 Å². The van der Waals surface area contributed by atoms with Crippen LogP contribution in [0.3, 0.4) is 0 Å². The molecule has 5 rings (SSSR count). The van der Waals surface area contributed by atoms with Crippen molar-refractivity contribution in [2.75, 3.05) is 20.2 Å². The van der Waals surface area contributed by atoms with Crippen LogP contribution in [0.1, 0.15) is 41.3 Å². The van der Waals surface area contributed by atoms with Gasteiger partial charge in [-0.2, -0.15) is 0 Å². The Balaban J connectivity index is 1.49. The Morgan fingerprint density at radius 1 is 1.25 bits per heavy atom. The predicted octanol–water partition coefficient (Wildman–Crippen LogP) is 2.69. The first kappa shape index (κ1) is 20.6. The third-order valence-electron chi connectivity index (χ3n) is 6.82. The Bertz CT molecular complexity index is 1230. The number of ketones is 1. The topological polar surface area (TPSA) is 68.0 Å². The van der Waals surface area contributed by atoms with Crippen LogP contribution < -0.4 is 19.5 Å². The van der Waals surface area contributed by atoms with Crippen molar-refractivity contribution in [3.8, 4) is 17.2 Å². The Hall–Kier alpha value is -3.25. The second-order valence-corrected chi connectivity index (χ2v) is 9.05. The van der Waals surface area contributed by atoms with Crippen LogP contribution in [0, 0.1) is 5.92 Å². The fraction of sp³-hybridized carbons (Fsp3) is 0.346. The van der Waals surface area contributed by atoms with Crippen LogP contribution in [-0.4, -0.2) is 30.5 Å². The predicted molar refractivity (Wildman–Crippen MR) is 121 cm³/mol. The lowest BCUT2D eigenvalue weighted by Crippen LogP contribution is -3.11. The number of Topliss-reactive ketones (excluding diaryl/α,β-unsaturated/α-hetero) is 1. The number of fused-ring (bicyclic) bond motifs is 2. The molecule has 1 fully saturated rings. The van der Waals surface area contributed by atoms with Gasteiger partial charge in [0.1, 0.15) is 18.0 Å². The van der Waals surface area contributed by atoms with Crippen molar-refractivity contribution in [1.29, 1.82) is 0 Å². The Morgan fingerprint density at radius 3 is 2.78 bits per heavy atom. The fourth-order valence-electron chi connectivity index (χ4n) is 4.84. The number of ether oxygens (including phenoxy) is 2. The zero-order valence-electron chi connectivity index (χ0n) is 18.7. The summed E-state index contributed by atoms with van der Waals surface area (Å²) in [4.78, 5) is 14.5. The van der Waals surface area contributed by atoms with E-state index in [4.69, 9.17) is 9.47 Å². The van der Waals surface area contributed by atoms with E-state index < -0.39 is 0 Å². The molecule has 1 saturated heterocycles. The van der Waals surface area contributed by atoms with Crippen molar-refractivity contribution in [2.45, 2.75) is 26.3 Å². The van der Waals surface area contributed by atoms with Crippen LogP contribution in [0.15, 0.2) is 42.3 Å². The molecule has 0 bridgehead atoms. The molecule has 1 aromatic heterocycles. The molecular weight excluding hydrogens is 404 g/mol. The molecule has 6 nitrogen and oxygen atoms in total. The lowest BCUT2D eigenvalue weighted by atomic mass is 9.98. The molecule has 0 unspecified atom stereocenters. The van der Waals surface area contributed by atoms with Gasteiger partial charge in [0.2, 0.25) is 5.78 Å². The van der Waals surface area contributed by atoms with Crippen LogP contribution in [-0.2, 0) is 13.6 Å². The molecule has 166 valence electrons. The van der Waals surface area contributed by atoms with Crippen LogP contribution in [0.5, 0.6) is 17.2 Å².